The first-order valence-electron chi connectivity index (χ1n) is 2.51. The molecule has 9 heavy (non-hydrogen) atoms. The van der Waals surface area contributed by atoms with Gasteiger partial charge in [0.05, 0.1) is 0 Å². The fourth-order valence-electron chi connectivity index (χ4n) is 0.506. The fraction of sp³-hybridized carbons (Fsp3) is 0. The van der Waals surface area contributed by atoms with Crippen molar-refractivity contribution in [1.29, 1.82) is 0 Å². The van der Waals surface area contributed by atoms with E-state index in [1.165, 1.54) is 0 Å². The molecule has 0 aliphatic heterocycles. The standard InChI is InChI=1S/C5H8N4/c6-9(7)5-3-1-2-4-8-5/h1-4H,6-7H2. The fourth-order valence-corrected chi connectivity index (χ4v) is 0.506. The lowest BCUT2D eigenvalue weighted by Crippen LogP contribution is -2.38. The third-order valence-electron chi connectivity index (χ3n) is 0.914. The lowest BCUT2D eigenvalue weighted by molar-refractivity contribution is 0.896. The number of anilines is 1. The predicted molar refractivity (Wildman–Crippen MR) is 35.1 cm³/mol. The van der Waals surface area contributed by atoms with Crippen LogP contribution in [0.3, 0.4) is 0 Å². The summed E-state index contributed by atoms with van der Waals surface area (Å²) in [4.78, 5) is 3.85. The zero-order chi connectivity index (χ0) is 6.69. The highest BCUT2D eigenvalue weighted by molar-refractivity contribution is 5.32. The third kappa shape index (κ3) is 1.38. The Hall–Kier alpha value is -1.13. The Balaban J connectivity index is 2.85. The van der Waals surface area contributed by atoms with Crippen LogP contribution in [0.1, 0.15) is 0 Å². The second kappa shape index (κ2) is 2.43. The Bertz CT molecular complexity index is 172. The molecule has 0 unspecified atom stereocenters. The molecule has 1 rings (SSSR count). The van der Waals surface area contributed by atoms with E-state index in [9.17, 15) is 0 Å². The van der Waals surface area contributed by atoms with Crippen molar-refractivity contribution in [2.24, 2.45) is 11.7 Å². The Morgan fingerprint density at radius 1 is 1.33 bits per heavy atom. The molecule has 0 saturated heterocycles. The molecule has 0 amide bonds. The molecule has 48 valence electrons. The zero-order valence-corrected chi connectivity index (χ0v) is 4.86. The maximum Gasteiger partial charge on any atom is 0.158 e. The van der Waals surface area contributed by atoms with E-state index in [1.54, 1.807) is 18.3 Å². The summed E-state index contributed by atoms with van der Waals surface area (Å²) in [5.74, 6) is 10.9. The second-order valence-corrected chi connectivity index (χ2v) is 1.60. The van der Waals surface area contributed by atoms with E-state index in [4.69, 9.17) is 11.7 Å². The van der Waals surface area contributed by atoms with Gasteiger partial charge in [0.15, 0.2) is 5.82 Å². The van der Waals surface area contributed by atoms with Gasteiger partial charge in [-0.1, -0.05) is 6.07 Å². The molecular weight excluding hydrogens is 116 g/mol. The van der Waals surface area contributed by atoms with Crippen LogP contribution < -0.4 is 16.8 Å². The number of hydrogen-bond donors (Lipinski definition) is 2. The highest BCUT2D eigenvalue weighted by atomic mass is 15.6. The first-order valence-corrected chi connectivity index (χ1v) is 2.51. The summed E-state index contributed by atoms with van der Waals surface area (Å²) in [7, 11) is 0. The van der Waals surface area contributed by atoms with E-state index in [0.717, 1.165) is 5.12 Å². The van der Waals surface area contributed by atoms with Crippen molar-refractivity contribution in [3.05, 3.63) is 24.4 Å². The molecular formula is C5H8N4. The lowest BCUT2D eigenvalue weighted by atomic mass is 10.5. The van der Waals surface area contributed by atoms with Crippen LogP contribution in [0.2, 0.25) is 0 Å². The molecule has 1 aromatic rings. The Morgan fingerprint density at radius 2 is 2.11 bits per heavy atom. The molecule has 0 bridgehead atoms. The second-order valence-electron chi connectivity index (χ2n) is 1.60. The van der Waals surface area contributed by atoms with Gasteiger partial charge >= 0.3 is 0 Å². The number of nitrogens with zero attached hydrogens (tertiary/aromatic N) is 2. The summed E-state index contributed by atoms with van der Waals surface area (Å²) in [6, 6.07) is 5.34. The van der Waals surface area contributed by atoms with Gasteiger partial charge in [0, 0.05) is 6.20 Å². The summed E-state index contributed by atoms with van der Waals surface area (Å²) >= 11 is 0. The number of rotatable bonds is 1. The van der Waals surface area contributed by atoms with Gasteiger partial charge < -0.3 is 0 Å². The Kier molecular flexibility index (Phi) is 1.62. The van der Waals surface area contributed by atoms with E-state index < -0.39 is 0 Å². The SMILES string of the molecule is NN(N)c1ccccn1. The van der Waals surface area contributed by atoms with Crippen LogP contribution in [-0.2, 0) is 0 Å². The van der Waals surface area contributed by atoms with Gasteiger partial charge in [-0.05, 0) is 12.1 Å². The Morgan fingerprint density at radius 3 is 2.44 bits per heavy atom. The van der Waals surface area contributed by atoms with Crippen molar-refractivity contribution < 1.29 is 0 Å². The third-order valence-corrected chi connectivity index (χ3v) is 0.914. The lowest BCUT2D eigenvalue weighted by Gasteiger charge is -2.07. The molecule has 0 fully saturated rings. The molecule has 4 heteroatoms. The van der Waals surface area contributed by atoms with Crippen LogP contribution in [0.25, 0.3) is 0 Å². The summed E-state index contributed by atoms with van der Waals surface area (Å²) in [6.45, 7) is 0. The van der Waals surface area contributed by atoms with E-state index in [0.29, 0.717) is 5.82 Å². The van der Waals surface area contributed by atoms with Crippen LogP contribution in [0.5, 0.6) is 0 Å². The molecule has 0 aromatic carbocycles. The molecule has 0 aliphatic rings. The van der Waals surface area contributed by atoms with Crippen molar-refractivity contribution in [2.45, 2.75) is 0 Å². The number of pyridine rings is 1. The summed E-state index contributed by atoms with van der Waals surface area (Å²) in [5.41, 5.74) is 0. The predicted octanol–water partition coefficient (Wildman–Crippen LogP) is -0.365. The molecule has 0 saturated carbocycles. The van der Waals surface area contributed by atoms with Crippen molar-refractivity contribution in [3.63, 3.8) is 0 Å². The molecule has 0 aliphatic carbocycles. The van der Waals surface area contributed by atoms with Crippen LogP contribution >= 0.6 is 0 Å². The highest BCUT2D eigenvalue weighted by Crippen LogP contribution is 1.98. The number of aromatic nitrogens is 1. The maximum atomic E-state index is 5.16. The van der Waals surface area contributed by atoms with Crippen molar-refractivity contribution in [2.75, 3.05) is 5.12 Å². The summed E-state index contributed by atoms with van der Waals surface area (Å²) < 4.78 is 0. The molecule has 1 heterocycles. The van der Waals surface area contributed by atoms with Gasteiger partial charge in [0.1, 0.15) is 0 Å². The smallest absolute Gasteiger partial charge is 0.158 e. The monoisotopic (exact) mass is 124 g/mol. The minimum absolute atomic E-state index is 0.553. The molecule has 4 nitrogen and oxygen atoms in total. The quantitative estimate of drug-likeness (QED) is 0.396. The van der Waals surface area contributed by atoms with Crippen molar-refractivity contribution >= 4 is 5.82 Å². The zero-order valence-electron chi connectivity index (χ0n) is 4.86. The van der Waals surface area contributed by atoms with Gasteiger partial charge in [0.25, 0.3) is 0 Å². The van der Waals surface area contributed by atoms with Crippen LogP contribution in [-0.4, -0.2) is 4.98 Å². The van der Waals surface area contributed by atoms with E-state index >= 15 is 0 Å². The molecule has 0 radical (unpaired) electrons. The largest absolute Gasteiger partial charge is 0.237 e. The number of hydrazine groups is 2. The average molecular weight is 124 g/mol. The normalized spacial score (nSPS) is 9.11. The molecule has 1 aromatic heterocycles. The maximum absolute atomic E-state index is 5.16. The topological polar surface area (TPSA) is 68.2 Å². The van der Waals surface area contributed by atoms with Gasteiger partial charge in [-0.25, -0.2) is 21.8 Å². The van der Waals surface area contributed by atoms with E-state index in [1.807, 2.05) is 6.07 Å². The van der Waals surface area contributed by atoms with Gasteiger partial charge in [-0.3, -0.25) is 0 Å². The van der Waals surface area contributed by atoms with Crippen LogP contribution in [0.15, 0.2) is 24.4 Å². The number of nitrogens with two attached hydrogens (primary N) is 2. The van der Waals surface area contributed by atoms with Gasteiger partial charge in [0.2, 0.25) is 0 Å². The number of hydrogen-bond acceptors (Lipinski definition) is 4. The molecule has 4 N–H and O–H groups in total. The molecule has 0 atom stereocenters. The van der Waals surface area contributed by atoms with Crippen LogP contribution in [0, 0.1) is 0 Å². The highest BCUT2D eigenvalue weighted by Gasteiger charge is 1.90. The first-order chi connectivity index (χ1) is 4.30. The summed E-state index contributed by atoms with van der Waals surface area (Å²) in [6.07, 6.45) is 1.63. The van der Waals surface area contributed by atoms with Crippen LogP contribution in [0.4, 0.5) is 5.82 Å². The van der Waals surface area contributed by atoms with Crippen molar-refractivity contribution in [3.8, 4) is 0 Å². The van der Waals surface area contributed by atoms with Crippen molar-refractivity contribution in [1.82, 2.24) is 4.98 Å². The molecule has 0 spiro atoms. The van der Waals surface area contributed by atoms with E-state index in [2.05, 4.69) is 4.98 Å². The Labute approximate surface area is 53.0 Å². The minimum Gasteiger partial charge on any atom is -0.237 e. The summed E-state index contributed by atoms with van der Waals surface area (Å²) in [5, 5.41) is 0.972. The average Bonchev–Trinajstić information content (AvgIpc) is 1.90. The van der Waals surface area contributed by atoms with Gasteiger partial charge in [-0.15, -0.1) is 0 Å². The van der Waals surface area contributed by atoms with E-state index in [-0.39, 0.29) is 0 Å². The van der Waals surface area contributed by atoms with Gasteiger partial charge in [-0.2, -0.15) is 0 Å². The first kappa shape index (κ1) is 6.00. The minimum atomic E-state index is 0.553.